The van der Waals surface area contributed by atoms with Gasteiger partial charge < -0.3 is 14.6 Å². The molecule has 1 heterocycles. The van der Waals surface area contributed by atoms with Gasteiger partial charge in [0.15, 0.2) is 0 Å². The standard InChI is InChI=1S/C20H19BrN2O2/c1-15-7-12-19(25-15)14-23(13-16-5-3-2-4-6-16)20(24)22-18-10-8-17(21)9-11-18/h2-12H,13-14H2,1H3,(H,22,24). The molecule has 0 aliphatic rings. The molecule has 0 radical (unpaired) electrons. The largest absolute Gasteiger partial charge is 0.464 e. The van der Waals surface area contributed by atoms with E-state index in [4.69, 9.17) is 4.42 Å². The summed E-state index contributed by atoms with van der Waals surface area (Å²) in [7, 11) is 0. The normalized spacial score (nSPS) is 10.5. The molecule has 2 amide bonds. The Hall–Kier alpha value is -2.53. The molecule has 4 nitrogen and oxygen atoms in total. The quantitative estimate of drug-likeness (QED) is 0.608. The number of hydrogen-bond donors (Lipinski definition) is 1. The Kier molecular flexibility index (Phi) is 5.56. The van der Waals surface area contributed by atoms with Crippen molar-refractivity contribution in [3.05, 3.63) is 88.3 Å². The average molecular weight is 399 g/mol. The Bertz CT molecular complexity index is 828. The number of urea groups is 1. The minimum absolute atomic E-state index is 0.166. The molecule has 0 aliphatic heterocycles. The molecule has 3 rings (SSSR count). The van der Waals surface area contributed by atoms with Gasteiger partial charge in [-0.1, -0.05) is 46.3 Å². The number of carbonyl (C=O) groups is 1. The fraction of sp³-hybridized carbons (Fsp3) is 0.150. The van der Waals surface area contributed by atoms with Crippen LogP contribution in [0.3, 0.4) is 0 Å². The van der Waals surface area contributed by atoms with Gasteiger partial charge in [-0.2, -0.15) is 0 Å². The highest BCUT2D eigenvalue weighted by Gasteiger charge is 2.16. The third-order valence-corrected chi connectivity index (χ3v) is 4.27. The number of hydrogen-bond acceptors (Lipinski definition) is 2. The van der Waals surface area contributed by atoms with Crippen LogP contribution in [0.2, 0.25) is 0 Å². The maximum Gasteiger partial charge on any atom is 0.322 e. The smallest absolute Gasteiger partial charge is 0.322 e. The van der Waals surface area contributed by atoms with Crippen LogP contribution in [0.5, 0.6) is 0 Å². The molecule has 0 bridgehead atoms. The summed E-state index contributed by atoms with van der Waals surface area (Å²) in [5, 5.41) is 2.94. The van der Waals surface area contributed by atoms with Gasteiger partial charge in [0.25, 0.3) is 0 Å². The van der Waals surface area contributed by atoms with Crippen molar-refractivity contribution in [2.75, 3.05) is 5.32 Å². The number of rotatable bonds is 5. The second-order valence-electron chi connectivity index (χ2n) is 5.79. The minimum atomic E-state index is -0.166. The van der Waals surface area contributed by atoms with Crippen molar-refractivity contribution in [3.63, 3.8) is 0 Å². The van der Waals surface area contributed by atoms with Crippen molar-refractivity contribution < 1.29 is 9.21 Å². The van der Waals surface area contributed by atoms with E-state index in [0.717, 1.165) is 27.2 Å². The van der Waals surface area contributed by atoms with Gasteiger partial charge in [-0.3, -0.25) is 0 Å². The van der Waals surface area contributed by atoms with Gasteiger partial charge in [0.1, 0.15) is 11.5 Å². The second kappa shape index (κ2) is 8.03. The molecule has 5 heteroatoms. The molecule has 0 fully saturated rings. The molecular weight excluding hydrogens is 380 g/mol. The van der Waals surface area contributed by atoms with Gasteiger partial charge in [-0.05, 0) is 48.9 Å². The van der Waals surface area contributed by atoms with Crippen molar-refractivity contribution in [1.82, 2.24) is 4.90 Å². The second-order valence-corrected chi connectivity index (χ2v) is 6.71. The van der Waals surface area contributed by atoms with Crippen LogP contribution < -0.4 is 5.32 Å². The number of furan rings is 1. The number of nitrogens with zero attached hydrogens (tertiary/aromatic N) is 1. The summed E-state index contributed by atoms with van der Waals surface area (Å²) in [6, 6.07) is 21.1. The summed E-state index contributed by atoms with van der Waals surface area (Å²) in [5.74, 6) is 1.60. The number of amides is 2. The van der Waals surface area contributed by atoms with Crippen LogP contribution in [-0.2, 0) is 13.1 Å². The van der Waals surface area contributed by atoms with Gasteiger partial charge in [0, 0.05) is 16.7 Å². The van der Waals surface area contributed by atoms with Crippen molar-refractivity contribution in [2.45, 2.75) is 20.0 Å². The van der Waals surface area contributed by atoms with Gasteiger partial charge >= 0.3 is 6.03 Å². The fourth-order valence-electron chi connectivity index (χ4n) is 2.50. The van der Waals surface area contributed by atoms with E-state index in [9.17, 15) is 4.79 Å². The third kappa shape index (κ3) is 4.97. The molecule has 0 saturated heterocycles. The SMILES string of the molecule is Cc1ccc(CN(Cc2ccccc2)C(=O)Nc2ccc(Br)cc2)o1. The van der Waals surface area contributed by atoms with Crippen LogP contribution in [0, 0.1) is 6.92 Å². The summed E-state index contributed by atoms with van der Waals surface area (Å²) in [6.45, 7) is 2.81. The molecular formula is C20H19BrN2O2. The Balaban J connectivity index is 1.76. The molecule has 2 aromatic carbocycles. The number of aryl methyl sites for hydroxylation is 1. The average Bonchev–Trinajstić information content (AvgIpc) is 3.02. The summed E-state index contributed by atoms with van der Waals surface area (Å²) in [5.41, 5.74) is 1.82. The highest BCUT2D eigenvalue weighted by Crippen LogP contribution is 2.17. The summed E-state index contributed by atoms with van der Waals surface area (Å²) in [4.78, 5) is 14.5. The number of nitrogens with one attached hydrogen (secondary N) is 1. The fourth-order valence-corrected chi connectivity index (χ4v) is 2.76. The number of benzene rings is 2. The lowest BCUT2D eigenvalue weighted by Crippen LogP contribution is -2.33. The van der Waals surface area contributed by atoms with E-state index in [1.54, 1.807) is 4.90 Å². The number of anilines is 1. The van der Waals surface area contributed by atoms with E-state index in [0.29, 0.717) is 13.1 Å². The van der Waals surface area contributed by atoms with Gasteiger partial charge in [-0.25, -0.2) is 4.79 Å². The lowest BCUT2D eigenvalue weighted by molar-refractivity contribution is 0.201. The van der Waals surface area contributed by atoms with Crippen LogP contribution in [-0.4, -0.2) is 10.9 Å². The molecule has 1 aromatic heterocycles. The first-order valence-electron chi connectivity index (χ1n) is 8.01. The first-order valence-corrected chi connectivity index (χ1v) is 8.80. The summed E-state index contributed by atoms with van der Waals surface area (Å²) < 4.78 is 6.61. The lowest BCUT2D eigenvalue weighted by Gasteiger charge is -2.22. The molecule has 0 unspecified atom stereocenters. The number of carbonyl (C=O) groups excluding carboxylic acids is 1. The van der Waals surface area contributed by atoms with E-state index < -0.39 is 0 Å². The van der Waals surface area contributed by atoms with Crippen LogP contribution >= 0.6 is 15.9 Å². The first kappa shape index (κ1) is 17.3. The van der Waals surface area contributed by atoms with Crippen molar-refractivity contribution in [3.8, 4) is 0 Å². The van der Waals surface area contributed by atoms with Crippen molar-refractivity contribution >= 4 is 27.6 Å². The molecule has 128 valence electrons. The lowest BCUT2D eigenvalue weighted by atomic mass is 10.2. The molecule has 0 aliphatic carbocycles. The zero-order valence-corrected chi connectivity index (χ0v) is 15.5. The minimum Gasteiger partial charge on any atom is -0.464 e. The van der Waals surface area contributed by atoms with Crippen LogP contribution in [0.1, 0.15) is 17.1 Å². The summed E-state index contributed by atoms with van der Waals surface area (Å²) in [6.07, 6.45) is 0. The highest BCUT2D eigenvalue weighted by molar-refractivity contribution is 9.10. The molecule has 3 aromatic rings. The van der Waals surface area contributed by atoms with Crippen LogP contribution in [0.15, 0.2) is 75.6 Å². The summed E-state index contributed by atoms with van der Waals surface area (Å²) >= 11 is 3.40. The molecule has 1 N–H and O–H groups in total. The van der Waals surface area contributed by atoms with Crippen LogP contribution in [0.25, 0.3) is 0 Å². The van der Waals surface area contributed by atoms with E-state index in [1.807, 2.05) is 73.7 Å². The maximum absolute atomic E-state index is 12.8. The monoisotopic (exact) mass is 398 g/mol. The molecule has 0 spiro atoms. The zero-order valence-electron chi connectivity index (χ0n) is 13.9. The van der Waals surface area contributed by atoms with Gasteiger partial charge in [0.05, 0.1) is 6.54 Å². The number of halogens is 1. The van der Waals surface area contributed by atoms with Gasteiger partial charge in [-0.15, -0.1) is 0 Å². The maximum atomic E-state index is 12.8. The first-order chi connectivity index (χ1) is 12.1. The Morgan fingerprint density at radius 1 is 1.00 bits per heavy atom. The van der Waals surface area contributed by atoms with Crippen molar-refractivity contribution in [1.29, 1.82) is 0 Å². The van der Waals surface area contributed by atoms with Crippen molar-refractivity contribution in [2.24, 2.45) is 0 Å². The third-order valence-electron chi connectivity index (χ3n) is 3.74. The molecule has 0 atom stereocenters. The van der Waals surface area contributed by atoms with Gasteiger partial charge in [0.2, 0.25) is 0 Å². The molecule has 0 saturated carbocycles. The van der Waals surface area contributed by atoms with E-state index in [2.05, 4.69) is 21.2 Å². The predicted molar refractivity (Wildman–Crippen MR) is 102 cm³/mol. The Labute approximate surface area is 155 Å². The highest BCUT2D eigenvalue weighted by atomic mass is 79.9. The predicted octanol–water partition coefficient (Wildman–Crippen LogP) is 5.58. The Morgan fingerprint density at radius 2 is 1.72 bits per heavy atom. The molecule has 25 heavy (non-hydrogen) atoms. The topological polar surface area (TPSA) is 45.5 Å². The van der Waals surface area contributed by atoms with Crippen LogP contribution in [0.4, 0.5) is 10.5 Å². The van der Waals surface area contributed by atoms with E-state index in [1.165, 1.54) is 0 Å². The Morgan fingerprint density at radius 3 is 2.36 bits per heavy atom. The zero-order chi connectivity index (χ0) is 17.6. The van der Waals surface area contributed by atoms with E-state index >= 15 is 0 Å². The van der Waals surface area contributed by atoms with E-state index in [-0.39, 0.29) is 6.03 Å².